The van der Waals surface area contributed by atoms with Gasteiger partial charge in [0.25, 0.3) is 0 Å². The normalized spacial score (nSPS) is 15.9. The van der Waals surface area contributed by atoms with Gasteiger partial charge in [0.15, 0.2) is 5.11 Å². The van der Waals surface area contributed by atoms with Crippen molar-refractivity contribution in [3.05, 3.63) is 47.5 Å². The van der Waals surface area contributed by atoms with E-state index in [0.29, 0.717) is 0 Å². The number of rotatable bonds is 4. The fourth-order valence-corrected chi connectivity index (χ4v) is 2.76. The lowest BCUT2D eigenvalue weighted by Gasteiger charge is -2.33. The summed E-state index contributed by atoms with van der Waals surface area (Å²) in [6.07, 6.45) is 1.83. The van der Waals surface area contributed by atoms with Crippen molar-refractivity contribution in [1.29, 1.82) is 0 Å². The molecule has 20 heavy (non-hydrogen) atoms. The van der Waals surface area contributed by atoms with Crippen molar-refractivity contribution in [3.8, 4) is 0 Å². The molecule has 1 saturated heterocycles. The lowest BCUT2D eigenvalue weighted by molar-refractivity contribution is -0.917. The number of hydrogen-bond donors (Lipinski definition) is 2. The number of quaternary nitrogens is 1. The summed E-state index contributed by atoms with van der Waals surface area (Å²) < 4.78 is 0. The third-order valence-electron chi connectivity index (χ3n) is 3.52. The Balaban J connectivity index is 1.78. The van der Waals surface area contributed by atoms with Gasteiger partial charge in [-0.05, 0) is 24.4 Å². The second kappa shape index (κ2) is 7.62. The van der Waals surface area contributed by atoms with E-state index in [1.807, 2.05) is 18.2 Å². The van der Waals surface area contributed by atoms with Crippen LogP contribution in [-0.2, 0) is 6.54 Å². The number of halogens is 1. The van der Waals surface area contributed by atoms with Gasteiger partial charge >= 0.3 is 0 Å². The van der Waals surface area contributed by atoms with Crippen LogP contribution >= 0.6 is 23.8 Å². The fraction of sp³-hybridized carbons (Fsp3) is 0.400. The van der Waals surface area contributed by atoms with E-state index in [-0.39, 0.29) is 0 Å². The summed E-state index contributed by atoms with van der Waals surface area (Å²) in [5.41, 5.74) is 1.34. The number of nitrogens with zero attached hydrogens (tertiary/aromatic N) is 1. The van der Waals surface area contributed by atoms with Gasteiger partial charge in [0.1, 0.15) is 6.54 Å². The van der Waals surface area contributed by atoms with Gasteiger partial charge in [0.2, 0.25) is 0 Å². The SMILES string of the molecule is C=CCNC(=S)N1CC[NH+](Cc2ccc(Cl)cc2)CC1. The molecule has 1 aliphatic rings. The minimum Gasteiger partial charge on any atom is -0.359 e. The maximum atomic E-state index is 5.91. The zero-order valence-electron chi connectivity index (χ0n) is 11.6. The standard InChI is InChI=1S/C15H20ClN3S/c1-2-7-17-15(20)19-10-8-18(9-11-19)12-13-3-5-14(16)6-4-13/h2-6H,1,7-12H2,(H,17,20)/p+1. The van der Waals surface area contributed by atoms with Crippen molar-refractivity contribution in [2.75, 3.05) is 32.7 Å². The van der Waals surface area contributed by atoms with Crippen molar-refractivity contribution in [3.63, 3.8) is 0 Å². The molecule has 1 aliphatic heterocycles. The number of hydrogen-bond acceptors (Lipinski definition) is 1. The molecule has 0 saturated carbocycles. The van der Waals surface area contributed by atoms with Crippen LogP contribution in [0.3, 0.4) is 0 Å². The van der Waals surface area contributed by atoms with Gasteiger partial charge in [-0.1, -0.05) is 29.8 Å². The summed E-state index contributed by atoms with van der Waals surface area (Å²) in [6, 6.07) is 8.14. The highest BCUT2D eigenvalue weighted by Crippen LogP contribution is 2.08. The van der Waals surface area contributed by atoms with Crippen LogP contribution in [-0.4, -0.2) is 42.7 Å². The minimum atomic E-state index is 0.733. The highest BCUT2D eigenvalue weighted by atomic mass is 35.5. The second-order valence-corrected chi connectivity index (χ2v) is 5.84. The van der Waals surface area contributed by atoms with Crippen molar-refractivity contribution in [2.24, 2.45) is 0 Å². The monoisotopic (exact) mass is 310 g/mol. The van der Waals surface area contributed by atoms with Crippen LogP contribution in [0.1, 0.15) is 5.56 Å². The van der Waals surface area contributed by atoms with Gasteiger partial charge in [-0.15, -0.1) is 6.58 Å². The third-order valence-corrected chi connectivity index (χ3v) is 4.18. The first-order valence-corrected chi connectivity index (χ1v) is 7.69. The predicted octanol–water partition coefficient (Wildman–Crippen LogP) is 1.10. The van der Waals surface area contributed by atoms with Crippen LogP contribution in [0, 0.1) is 0 Å². The van der Waals surface area contributed by atoms with E-state index >= 15 is 0 Å². The predicted molar refractivity (Wildman–Crippen MR) is 88.2 cm³/mol. The lowest BCUT2D eigenvalue weighted by atomic mass is 10.2. The molecule has 0 bridgehead atoms. The molecular weight excluding hydrogens is 290 g/mol. The molecule has 2 N–H and O–H groups in total. The first-order chi connectivity index (χ1) is 9.69. The maximum Gasteiger partial charge on any atom is 0.169 e. The van der Waals surface area contributed by atoms with Crippen LogP contribution in [0.5, 0.6) is 0 Å². The van der Waals surface area contributed by atoms with Gasteiger partial charge in [-0.2, -0.15) is 0 Å². The summed E-state index contributed by atoms with van der Waals surface area (Å²) >= 11 is 11.3. The Bertz CT molecular complexity index is 453. The molecule has 0 aliphatic carbocycles. The van der Waals surface area contributed by atoms with Gasteiger partial charge in [0, 0.05) is 17.1 Å². The molecule has 0 unspecified atom stereocenters. The molecule has 0 aromatic heterocycles. The van der Waals surface area contributed by atoms with Crippen molar-refractivity contribution < 1.29 is 4.90 Å². The maximum absolute atomic E-state index is 5.91. The van der Waals surface area contributed by atoms with E-state index < -0.39 is 0 Å². The molecule has 1 aromatic rings. The molecule has 108 valence electrons. The molecule has 0 atom stereocenters. The zero-order valence-corrected chi connectivity index (χ0v) is 13.1. The first kappa shape index (κ1) is 15.3. The molecule has 2 rings (SSSR count). The Morgan fingerprint density at radius 2 is 2.00 bits per heavy atom. The second-order valence-electron chi connectivity index (χ2n) is 5.02. The van der Waals surface area contributed by atoms with Crippen LogP contribution in [0.15, 0.2) is 36.9 Å². The van der Waals surface area contributed by atoms with E-state index in [1.165, 1.54) is 5.56 Å². The molecule has 1 heterocycles. The number of piperazine rings is 1. The average Bonchev–Trinajstić information content (AvgIpc) is 2.48. The lowest BCUT2D eigenvalue weighted by Crippen LogP contribution is -3.13. The summed E-state index contributed by atoms with van der Waals surface area (Å²) in [5.74, 6) is 0. The Kier molecular flexibility index (Phi) is 5.83. The fourth-order valence-electron chi connectivity index (χ4n) is 2.37. The Morgan fingerprint density at radius 3 is 2.60 bits per heavy atom. The Hall–Kier alpha value is -1.10. The number of benzene rings is 1. The summed E-state index contributed by atoms with van der Waals surface area (Å²) in [6.45, 7) is 9.71. The summed E-state index contributed by atoms with van der Waals surface area (Å²) in [7, 11) is 0. The highest BCUT2D eigenvalue weighted by molar-refractivity contribution is 7.80. The van der Waals surface area contributed by atoms with E-state index in [2.05, 4.69) is 28.9 Å². The average molecular weight is 311 g/mol. The van der Waals surface area contributed by atoms with Crippen molar-refractivity contribution in [1.82, 2.24) is 10.2 Å². The largest absolute Gasteiger partial charge is 0.359 e. The smallest absolute Gasteiger partial charge is 0.169 e. The number of thiocarbonyl (C=S) groups is 1. The van der Waals surface area contributed by atoms with Crippen LogP contribution in [0.25, 0.3) is 0 Å². The molecule has 0 radical (unpaired) electrons. The highest BCUT2D eigenvalue weighted by Gasteiger charge is 2.21. The van der Waals surface area contributed by atoms with E-state index in [0.717, 1.165) is 49.4 Å². The molecule has 5 heteroatoms. The van der Waals surface area contributed by atoms with Crippen LogP contribution < -0.4 is 10.2 Å². The van der Waals surface area contributed by atoms with Crippen molar-refractivity contribution >= 4 is 28.9 Å². The van der Waals surface area contributed by atoms with Gasteiger partial charge < -0.3 is 15.1 Å². The Morgan fingerprint density at radius 1 is 1.35 bits per heavy atom. The van der Waals surface area contributed by atoms with Gasteiger partial charge in [-0.3, -0.25) is 0 Å². The summed E-state index contributed by atoms with van der Waals surface area (Å²) in [4.78, 5) is 3.83. The van der Waals surface area contributed by atoms with Gasteiger partial charge in [0.05, 0.1) is 26.2 Å². The zero-order chi connectivity index (χ0) is 14.4. The molecule has 1 fully saturated rings. The van der Waals surface area contributed by atoms with E-state index in [4.69, 9.17) is 23.8 Å². The van der Waals surface area contributed by atoms with E-state index in [9.17, 15) is 0 Å². The molecular formula is C15H21ClN3S+. The molecule has 3 nitrogen and oxygen atoms in total. The van der Waals surface area contributed by atoms with Crippen molar-refractivity contribution in [2.45, 2.75) is 6.54 Å². The molecule has 0 amide bonds. The Labute approximate surface area is 131 Å². The quantitative estimate of drug-likeness (QED) is 0.642. The van der Waals surface area contributed by atoms with Gasteiger partial charge in [-0.25, -0.2) is 0 Å². The number of nitrogens with one attached hydrogen (secondary N) is 2. The van der Waals surface area contributed by atoms with E-state index in [1.54, 1.807) is 4.90 Å². The third kappa shape index (κ3) is 4.47. The topological polar surface area (TPSA) is 19.7 Å². The molecule has 1 aromatic carbocycles. The van der Waals surface area contributed by atoms with Crippen LogP contribution in [0.4, 0.5) is 0 Å². The van der Waals surface area contributed by atoms with Crippen LogP contribution in [0.2, 0.25) is 5.02 Å². The minimum absolute atomic E-state index is 0.733. The molecule has 0 spiro atoms. The summed E-state index contributed by atoms with van der Waals surface area (Å²) in [5, 5.41) is 4.83. The first-order valence-electron chi connectivity index (χ1n) is 6.90.